The van der Waals surface area contributed by atoms with Gasteiger partial charge in [-0.3, -0.25) is 0 Å². The topological polar surface area (TPSA) is 35.0 Å². The fourth-order valence-corrected chi connectivity index (χ4v) is 2.25. The van der Waals surface area contributed by atoms with Gasteiger partial charge in [0, 0.05) is 10.5 Å². The molecule has 0 aliphatic rings. The Kier molecular flexibility index (Phi) is 3.17. The van der Waals surface area contributed by atoms with Gasteiger partial charge >= 0.3 is 0 Å². The van der Waals surface area contributed by atoms with Gasteiger partial charge < -0.3 is 4.74 Å². The maximum atomic E-state index is 5.71. The number of nitrogens with zero attached hydrogens (tertiary/aromatic N) is 2. The number of rotatable bonds is 2. The number of ether oxygens (including phenoxy) is 1. The Morgan fingerprint density at radius 3 is 2.63 bits per heavy atom. The quantitative estimate of drug-likeness (QED) is 0.699. The van der Waals surface area contributed by atoms with E-state index in [0.29, 0.717) is 5.88 Å². The van der Waals surface area contributed by atoms with Crippen molar-refractivity contribution in [2.45, 2.75) is 6.92 Å². The summed E-state index contributed by atoms with van der Waals surface area (Å²) in [7, 11) is 0. The predicted molar refractivity (Wildman–Crippen MR) is 78.5 cm³/mol. The number of aromatic nitrogens is 2. The van der Waals surface area contributed by atoms with E-state index in [1.165, 1.54) is 0 Å². The van der Waals surface area contributed by atoms with Gasteiger partial charge in [0.25, 0.3) is 0 Å². The molecule has 3 rings (SSSR count). The molecular weight excluding hydrogens is 304 g/mol. The Hall–Kier alpha value is -1.94. The number of fused-ring (bicyclic) bond motifs is 1. The number of hydrogen-bond donors (Lipinski definition) is 0. The first kappa shape index (κ1) is 12.1. The molecule has 0 aliphatic heterocycles. The van der Waals surface area contributed by atoms with E-state index in [1.54, 1.807) is 6.20 Å². The molecule has 0 fully saturated rings. The maximum absolute atomic E-state index is 5.71. The predicted octanol–water partition coefficient (Wildman–Crippen LogP) is 4.49. The molecule has 0 radical (unpaired) electrons. The van der Waals surface area contributed by atoms with E-state index < -0.39 is 0 Å². The Labute approximate surface area is 119 Å². The fourth-order valence-electron chi connectivity index (χ4n) is 1.87. The summed E-state index contributed by atoms with van der Waals surface area (Å²) in [6, 6.07) is 13.9. The molecule has 0 amide bonds. The zero-order valence-corrected chi connectivity index (χ0v) is 11.9. The zero-order chi connectivity index (χ0) is 13.2. The third-order valence-corrected chi connectivity index (χ3v) is 3.26. The van der Waals surface area contributed by atoms with Crippen LogP contribution in [0.5, 0.6) is 11.6 Å². The summed E-state index contributed by atoms with van der Waals surface area (Å²) in [5.41, 5.74) is 1.02. The van der Waals surface area contributed by atoms with Crippen molar-refractivity contribution < 1.29 is 4.74 Å². The summed E-state index contributed by atoms with van der Waals surface area (Å²) in [6.07, 6.45) is 1.70. The van der Waals surface area contributed by atoms with Gasteiger partial charge in [-0.2, -0.15) is 5.10 Å². The van der Waals surface area contributed by atoms with E-state index in [-0.39, 0.29) is 0 Å². The van der Waals surface area contributed by atoms with Crippen LogP contribution in [-0.2, 0) is 0 Å². The van der Waals surface area contributed by atoms with Gasteiger partial charge in [0.15, 0.2) is 0 Å². The first-order chi connectivity index (χ1) is 9.20. The first-order valence-electron chi connectivity index (χ1n) is 5.87. The van der Waals surface area contributed by atoms with Crippen LogP contribution in [0, 0.1) is 6.92 Å². The summed E-state index contributed by atoms with van der Waals surface area (Å²) in [4.78, 5) is 0. The van der Waals surface area contributed by atoms with Crippen molar-refractivity contribution in [1.29, 1.82) is 0 Å². The van der Waals surface area contributed by atoms with Crippen molar-refractivity contribution in [2.24, 2.45) is 0 Å². The third-order valence-electron chi connectivity index (χ3n) is 2.76. The summed E-state index contributed by atoms with van der Waals surface area (Å²) in [6.45, 7) is 1.96. The molecule has 0 saturated carbocycles. The largest absolute Gasteiger partial charge is 0.437 e. The maximum Gasteiger partial charge on any atom is 0.239 e. The van der Waals surface area contributed by atoms with E-state index in [4.69, 9.17) is 4.74 Å². The highest BCUT2D eigenvalue weighted by molar-refractivity contribution is 9.10. The van der Waals surface area contributed by atoms with Crippen LogP contribution >= 0.6 is 15.9 Å². The standard InChI is InChI=1S/C15H11BrN2O/c1-10-6-15(18-17-9-10)19-14-5-3-11-7-13(16)4-2-12(11)8-14/h2-9H,1H3. The molecule has 2 aromatic carbocycles. The molecule has 0 saturated heterocycles. The van der Waals surface area contributed by atoms with E-state index in [0.717, 1.165) is 26.6 Å². The molecule has 0 spiro atoms. The Morgan fingerprint density at radius 2 is 1.79 bits per heavy atom. The van der Waals surface area contributed by atoms with E-state index >= 15 is 0 Å². The Morgan fingerprint density at radius 1 is 1.00 bits per heavy atom. The van der Waals surface area contributed by atoms with Gasteiger partial charge in [0.05, 0.1) is 6.20 Å². The second kappa shape index (κ2) is 4.97. The molecule has 0 bridgehead atoms. The van der Waals surface area contributed by atoms with Gasteiger partial charge in [-0.1, -0.05) is 28.1 Å². The molecular formula is C15H11BrN2O. The minimum atomic E-state index is 0.511. The fraction of sp³-hybridized carbons (Fsp3) is 0.0667. The molecule has 3 aromatic rings. The van der Waals surface area contributed by atoms with Crippen LogP contribution in [0.25, 0.3) is 10.8 Å². The van der Waals surface area contributed by atoms with Crippen molar-refractivity contribution in [3.05, 3.63) is 58.7 Å². The van der Waals surface area contributed by atoms with Crippen LogP contribution in [0.1, 0.15) is 5.56 Å². The normalized spacial score (nSPS) is 10.6. The lowest BCUT2D eigenvalue weighted by atomic mass is 10.1. The molecule has 94 valence electrons. The molecule has 0 N–H and O–H groups in total. The van der Waals surface area contributed by atoms with E-state index in [1.807, 2.05) is 43.3 Å². The van der Waals surface area contributed by atoms with Crippen LogP contribution in [-0.4, -0.2) is 10.2 Å². The number of halogens is 1. The summed E-state index contributed by atoms with van der Waals surface area (Å²) >= 11 is 3.46. The van der Waals surface area contributed by atoms with Crippen molar-refractivity contribution in [2.75, 3.05) is 0 Å². The van der Waals surface area contributed by atoms with Crippen molar-refractivity contribution in [1.82, 2.24) is 10.2 Å². The van der Waals surface area contributed by atoms with E-state index in [9.17, 15) is 0 Å². The lowest BCUT2D eigenvalue weighted by molar-refractivity contribution is 0.455. The lowest BCUT2D eigenvalue weighted by Gasteiger charge is -2.06. The first-order valence-corrected chi connectivity index (χ1v) is 6.66. The van der Waals surface area contributed by atoms with Gasteiger partial charge in [-0.05, 0) is 47.5 Å². The van der Waals surface area contributed by atoms with Crippen molar-refractivity contribution in [3.8, 4) is 11.6 Å². The number of benzene rings is 2. The SMILES string of the molecule is Cc1cnnc(Oc2ccc3cc(Br)ccc3c2)c1. The second-order valence-electron chi connectivity index (χ2n) is 4.33. The highest BCUT2D eigenvalue weighted by Crippen LogP contribution is 2.26. The highest BCUT2D eigenvalue weighted by atomic mass is 79.9. The van der Waals surface area contributed by atoms with Crippen LogP contribution in [0.15, 0.2) is 53.1 Å². The Bertz CT molecular complexity index is 743. The third kappa shape index (κ3) is 2.74. The molecule has 0 atom stereocenters. The van der Waals surface area contributed by atoms with Crippen LogP contribution in [0.3, 0.4) is 0 Å². The average molecular weight is 315 g/mol. The summed E-state index contributed by atoms with van der Waals surface area (Å²) < 4.78 is 6.78. The zero-order valence-electron chi connectivity index (χ0n) is 10.3. The number of aryl methyl sites for hydroxylation is 1. The Balaban J connectivity index is 1.95. The van der Waals surface area contributed by atoms with Crippen LogP contribution < -0.4 is 4.74 Å². The minimum absolute atomic E-state index is 0.511. The summed E-state index contributed by atoms with van der Waals surface area (Å²) in [5.74, 6) is 1.27. The van der Waals surface area contributed by atoms with Gasteiger partial charge in [-0.25, -0.2) is 0 Å². The lowest BCUT2D eigenvalue weighted by Crippen LogP contribution is -1.91. The molecule has 4 heteroatoms. The molecule has 1 heterocycles. The van der Waals surface area contributed by atoms with E-state index in [2.05, 4.69) is 32.2 Å². The van der Waals surface area contributed by atoms with Crippen LogP contribution in [0.2, 0.25) is 0 Å². The minimum Gasteiger partial charge on any atom is -0.437 e. The molecule has 0 aliphatic carbocycles. The molecule has 0 unspecified atom stereocenters. The number of hydrogen-bond acceptors (Lipinski definition) is 3. The van der Waals surface area contributed by atoms with Gasteiger partial charge in [0.1, 0.15) is 5.75 Å². The molecule has 19 heavy (non-hydrogen) atoms. The molecule has 3 nitrogen and oxygen atoms in total. The molecule has 1 aromatic heterocycles. The highest BCUT2D eigenvalue weighted by Gasteiger charge is 2.02. The van der Waals surface area contributed by atoms with Gasteiger partial charge in [0.2, 0.25) is 5.88 Å². The second-order valence-corrected chi connectivity index (χ2v) is 5.24. The van der Waals surface area contributed by atoms with Crippen molar-refractivity contribution in [3.63, 3.8) is 0 Å². The smallest absolute Gasteiger partial charge is 0.239 e. The van der Waals surface area contributed by atoms with Gasteiger partial charge in [-0.15, -0.1) is 5.10 Å². The average Bonchev–Trinajstić information content (AvgIpc) is 2.39. The van der Waals surface area contributed by atoms with Crippen LogP contribution in [0.4, 0.5) is 0 Å². The summed E-state index contributed by atoms with van der Waals surface area (Å²) in [5, 5.41) is 10.1. The monoisotopic (exact) mass is 314 g/mol. The van der Waals surface area contributed by atoms with Crippen molar-refractivity contribution >= 4 is 26.7 Å².